The Labute approximate surface area is 60.9 Å². The normalized spacial score (nSPS) is 19.9. The summed E-state index contributed by atoms with van der Waals surface area (Å²) in [5.41, 5.74) is 0. The Bertz CT molecular complexity index is 121. The zero-order chi connectivity index (χ0) is 9.23. The first-order chi connectivity index (χ1) is 4.80. The molecule has 0 amide bonds. The Morgan fingerprint density at radius 2 is 1.78 bits per heavy atom. The number of aliphatic hydroxyl groups excluding tert-OH is 1. The monoisotopic (exact) mass is 132 g/mol. The molecule has 0 aliphatic carbocycles. The van der Waals surface area contributed by atoms with Crippen molar-refractivity contribution in [1.82, 2.24) is 0 Å². The molecule has 0 radical (unpaired) electrons. The molecular weight excluding hydrogens is 112 g/mol. The van der Waals surface area contributed by atoms with Crippen molar-refractivity contribution in [2.45, 2.75) is 40.2 Å². The summed E-state index contributed by atoms with van der Waals surface area (Å²) in [7, 11) is 0. The van der Waals surface area contributed by atoms with Gasteiger partial charge in [-0.25, -0.2) is 0 Å². The smallest absolute Gasteiger partial charge is 0.0565 e. The topological polar surface area (TPSA) is 20.2 Å². The van der Waals surface area contributed by atoms with E-state index < -0.39 is 12.5 Å². The third-order valence-electron chi connectivity index (χ3n) is 1.14. The summed E-state index contributed by atoms with van der Waals surface area (Å²) in [5.74, 6) is -0.160. The van der Waals surface area contributed by atoms with Crippen LogP contribution in [0.3, 0.4) is 0 Å². The molecule has 0 aromatic carbocycles. The van der Waals surface area contributed by atoms with Gasteiger partial charge in [-0.2, -0.15) is 0 Å². The minimum Gasteiger partial charge on any atom is -0.393 e. The Balaban J connectivity index is 4.29. The quantitative estimate of drug-likeness (QED) is 0.623. The summed E-state index contributed by atoms with van der Waals surface area (Å²) in [6.45, 7) is 7.22. The fraction of sp³-hybridized carbons (Fsp3) is 1.00. The molecule has 0 bridgehead atoms. The standard InChI is InChI=1S/C8H18O/c1-6(2)5-8(9)7(3)4/h6-9H,5H2,1-4H3/t8-/m1/s1/i5D2. The van der Waals surface area contributed by atoms with E-state index in [0.29, 0.717) is 0 Å². The molecule has 0 saturated carbocycles. The van der Waals surface area contributed by atoms with Crippen molar-refractivity contribution in [2.75, 3.05) is 0 Å². The number of hydrogen-bond acceptors (Lipinski definition) is 1. The minimum atomic E-state index is -1.46. The van der Waals surface area contributed by atoms with Gasteiger partial charge < -0.3 is 5.11 Å². The largest absolute Gasteiger partial charge is 0.393 e. The lowest BCUT2D eigenvalue weighted by Crippen LogP contribution is -2.16. The Kier molecular flexibility index (Phi) is 2.47. The summed E-state index contributed by atoms with van der Waals surface area (Å²) < 4.78 is 15.1. The van der Waals surface area contributed by atoms with Crippen LogP contribution in [0.4, 0.5) is 0 Å². The van der Waals surface area contributed by atoms with E-state index in [-0.39, 0.29) is 11.8 Å². The molecule has 56 valence electrons. The van der Waals surface area contributed by atoms with Gasteiger partial charge in [-0.15, -0.1) is 0 Å². The second-order valence-electron chi connectivity index (χ2n) is 3.01. The van der Waals surface area contributed by atoms with Crippen LogP contribution in [0, 0.1) is 11.8 Å². The third kappa shape index (κ3) is 4.46. The molecule has 0 aliphatic heterocycles. The summed E-state index contributed by atoms with van der Waals surface area (Å²) >= 11 is 0. The van der Waals surface area contributed by atoms with Gasteiger partial charge in [0.2, 0.25) is 0 Å². The highest BCUT2D eigenvalue weighted by Gasteiger charge is 2.09. The van der Waals surface area contributed by atoms with Crippen LogP contribution in [0.5, 0.6) is 0 Å². The van der Waals surface area contributed by atoms with Gasteiger partial charge in [-0.1, -0.05) is 27.7 Å². The van der Waals surface area contributed by atoms with E-state index in [9.17, 15) is 5.11 Å². The predicted octanol–water partition coefficient (Wildman–Crippen LogP) is 2.05. The summed E-state index contributed by atoms with van der Waals surface area (Å²) in [6, 6.07) is 0. The molecule has 0 fully saturated rings. The molecule has 9 heavy (non-hydrogen) atoms. The maximum atomic E-state index is 9.45. The van der Waals surface area contributed by atoms with Crippen LogP contribution in [0.15, 0.2) is 0 Å². The fourth-order valence-electron chi connectivity index (χ4n) is 0.534. The van der Waals surface area contributed by atoms with E-state index in [0.717, 1.165) is 0 Å². The molecule has 1 nitrogen and oxygen atoms in total. The molecule has 0 unspecified atom stereocenters. The highest BCUT2D eigenvalue weighted by atomic mass is 16.3. The average Bonchev–Trinajstić information content (AvgIpc) is 1.85. The summed E-state index contributed by atoms with van der Waals surface area (Å²) in [4.78, 5) is 0. The lowest BCUT2D eigenvalue weighted by atomic mass is 9.98. The Morgan fingerprint density at radius 3 is 1.89 bits per heavy atom. The SMILES string of the molecule is [2H]C([2H])(C(C)C)[C@@H](O)C(C)C. The molecule has 0 heterocycles. The molecule has 0 aromatic rings. The number of aliphatic hydroxyl groups is 1. The highest BCUT2D eigenvalue weighted by molar-refractivity contribution is 4.61. The van der Waals surface area contributed by atoms with Crippen molar-refractivity contribution in [3.05, 3.63) is 0 Å². The van der Waals surface area contributed by atoms with Crippen molar-refractivity contribution < 1.29 is 7.85 Å². The van der Waals surface area contributed by atoms with Crippen molar-refractivity contribution in [3.8, 4) is 0 Å². The van der Waals surface area contributed by atoms with E-state index in [1.54, 1.807) is 13.8 Å². The zero-order valence-electron chi connectivity index (χ0n) is 8.68. The molecule has 0 rings (SSSR count). The van der Waals surface area contributed by atoms with Crippen molar-refractivity contribution >= 4 is 0 Å². The maximum absolute atomic E-state index is 9.45. The summed E-state index contributed by atoms with van der Waals surface area (Å²) in [5, 5.41) is 9.45. The molecular formula is C8H18O. The molecule has 0 aliphatic rings. The molecule has 0 saturated heterocycles. The van der Waals surface area contributed by atoms with E-state index >= 15 is 0 Å². The van der Waals surface area contributed by atoms with Crippen molar-refractivity contribution in [3.63, 3.8) is 0 Å². The van der Waals surface area contributed by atoms with E-state index in [1.807, 2.05) is 13.8 Å². The predicted molar refractivity (Wildman–Crippen MR) is 40.3 cm³/mol. The van der Waals surface area contributed by atoms with Gasteiger partial charge in [-0.05, 0) is 18.2 Å². The van der Waals surface area contributed by atoms with Gasteiger partial charge in [0.1, 0.15) is 0 Å². The number of rotatable bonds is 3. The van der Waals surface area contributed by atoms with Gasteiger partial charge in [0, 0.05) is 2.74 Å². The fourth-order valence-corrected chi connectivity index (χ4v) is 0.534. The molecule has 1 atom stereocenters. The second-order valence-corrected chi connectivity index (χ2v) is 3.01. The molecule has 1 N–H and O–H groups in total. The van der Waals surface area contributed by atoms with Gasteiger partial charge in [0.05, 0.1) is 6.10 Å². The molecule has 0 aromatic heterocycles. The van der Waals surface area contributed by atoms with E-state index in [2.05, 4.69) is 0 Å². The lowest BCUT2D eigenvalue weighted by molar-refractivity contribution is 0.103. The van der Waals surface area contributed by atoms with Crippen LogP contribution in [0.25, 0.3) is 0 Å². The highest BCUT2D eigenvalue weighted by Crippen LogP contribution is 2.11. The van der Waals surface area contributed by atoms with Crippen LogP contribution in [-0.2, 0) is 0 Å². The van der Waals surface area contributed by atoms with E-state index in [1.165, 1.54) is 0 Å². The minimum absolute atomic E-state index is 0.0209. The first kappa shape index (κ1) is 5.72. The zero-order valence-corrected chi connectivity index (χ0v) is 6.68. The maximum Gasteiger partial charge on any atom is 0.0565 e. The average molecular weight is 132 g/mol. The van der Waals surface area contributed by atoms with Crippen LogP contribution in [0.1, 0.15) is 36.8 Å². The van der Waals surface area contributed by atoms with Crippen LogP contribution >= 0.6 is 0 Å². The van der Waals surface area contributed by atoms with Crippen LogP contribution in [-0.4, -0.2) is 11.2 Å². The van der Waals surface area contributed by atoms with Crippen LogP contribution < -0.4 is 0 Å². The number of hydrogen-bond donors (Lipinski definition) is 1. The first-order valence-corrected chi connectivity index (χ1v) is 3.48. The van der Waals surface area contributed by atoms with Gasteiger partial charge in [0.25, 0.3) is 0 Å². The van der Waals surface area contributed by atoms with Gasteiger partial charge in [-0.3, -0.25) is 0 Å². The van der Waals surface area contributed by atoms with Gasteiger partial charge >= 0.3 is 0 Å². The third-order valence-corrected chi connectivity index (χ3v) is 1.14. The lowest BCUT2D eigenvalue weighted by Gasteiger charge is -2.15. The molecule has 0 spiro atoms. The van der Waals surface area contributed by atoms with E-state index in [4.69, 9.17) is 2.74 Å². The molecule has 1 heteroatoms. The van der Waals surface area contributed by atoms with Gasteiger partial charge in [0.15, 0.2) is 0 Å². The van der Waals surface area contributed by atoms with Crippen molar-refractivity contribution in [1.29, 1.82) is 0 Å². The Morgan fingerprint density at radius 1 is 1.33 bits per heavy atom. The summed E-state index contributed by atoms with van der Waals surface area (Å²) in [6.07, 6.45) is -2.32. The first-order valence-electron chi connectivity index (χ1n) is 4.48. The second kappa shape index (κ2) is 3.89. The van der Waals surface area contributed by atoms with Crippen molar-refractivity contribution in [2.24, 2.45) is 11.8 Å². The Hall–Kier alpha value is -0.0400. The van der Waals surface area contributed by atoms with Crippen LogP contribution in [0.2, 0.25) is 0 Å².